The van der Waals surface area contributed by atoms with Crippen LogP contribution in [0.1, 0.15) is 37.0 Å². The van der Waals surface area contributed by atoms with Crippen LogP contribution in [-0.2, 0) is 0 Å². The second-order valence-electron chi connectivity index (χ2n) is 4.24. The van der Waals surface area contributed by atoms with E-state index in [0.717, 1.165) is 12.8 Å². The number of carbonyl (C=O) groups is 1. The molecule has 3 nitrogen and oxygen atoms in total. The third kappa shape index (κ3) is 3.48. The molecule has 1 amide bonds. The van der Waals surface area contributed by atoms with Gasteiger partial charge in [0, 0.05) is 16.4 Å². The molecule has 100 valence electrons. The van der Waals surface area contributed by atoms with Crippen molar-refractivity contribution in [1.29, 1.82) is 0 Å². The Morgan fingerprint density at radius 3 is 2.44 bits per heavy atom. The van der Waals surface area contributed by atoms with Crippen LogP contribution in [0, 0.1) is 0 Å². The fraction of sp³-hybridized carbons (Fsp3) is 0.462. The van der Waals surface area contributed by atoms with Gasteiger partial charge in [0.25, 0.3) is 5.91 Å². The summed E-state index contributed by atoms with van der Waals surface area (Å²) in [7, 11) is 0. The summed E-state index contributed by atoms with van der Waals surface area (Å²) in [6, 6.07) is 4.81. The van der Waals surface area contributed by atoms with Crippen LogP contribution in [0.3, 0.4) is 0 Å². The van der Waals surface area contributed by atoms with E-state index < -0.39 is 0 Å². The Bertz CT molecular complexity index is 423. The van der Waals surface area contributed by atoms with Crippen LogP contribution in [0.2, 0.25) is 0 Å². The van der Waals surface area contributed by atoms with E-state index in [1.807, 2.05) is 13.8 Å². The lowest BCUT2D eigenvalue weighted by molar-refractivity contribution is 0.0903. The van der Waals surface area contributed by atoms with Gasteiger partial charge in [0.2, 0.25) is 0 Å². The molecule has 0 aliphatic carbocycles. The molecule has 0 heterocycles. The molecule has 0 saturated heterocycles. The van der Waals surface area contributed by atoms with Crippen LogP contribution in [0.5, 0.6) is 5.75 Å². The lowest BCUT2D eigenvalue weighted by Crippen LogP contribution is -2.49. The summed E-state index contributed by atoms with van der Waals surface area (Å²) in [5, 5.41) is 13.3. The smallest absolute Gasteiger partial charge is 0.251 e. The maximum Gasteiger partial charge on any atom is 0.251 e. The summed E-state index contributed by atoms with van der Waals surface area (Å²) in [4.78, 5) is 12.1. The third-order valence-corrected chi connectivity index (χ3v) is 4.94. The van der Waals surface area contributed by atoms with Crippen molar-refractivity contribution in [3.05, 3.63) is 28.2 Å². The Labute approximate surface area is 124 Å². The van der Waals surface area contributed by atoms with Gasteiger partial charge in [0.15, 0.2) is 0 Å². The quantitative estimate of drug-likeness (QED) is 0.764. The van der Waals surface area contributed by atoms with Crippen molar-refractivity contribution in [2.75, 3.05) is 5.33 Å². The zero-order valence-corrected chi connectivity index (χ0v) is 13.6. The number of aromatic hydroxyl groups is 1. The van der Waals surface area contributed by atoms with Gasteiger partial charge in [-0.25, -0.2) is 0 Å². The van der Waals surface area contributed by atoms with Crippen molar-refractivity contribution in [2.24, 2.45) is 0 Å². The Kier molecular flexibility index (Phi) is 5.66. The monoisotopic (exact) mass is 377 g/mol. The topological polar surface area (TPSA) is 49.3 Å². The molecule has 0 aromatic heterocycles. The van der Waals surface area contributed by atoms with Crippen LogP contribution in [0.4, 0.5) is 0 Å². The molecule has 0 bridgehead atoms. The van der Waals surface area contributed by atoms with Gasteiger partial charge in [-0.3, -0.25) is 4.79 Å². The Hall–Kier alpha value is -0.550. The van der Waals surface area contributed by atoms with Gasteiger partial charge in [-0.1, -0.05) is 29.8 Å². The fourth-order valence-corrected chi connectivity index (χ4v) is 2.80. The number of carbonyl (C=O) groups excluding carboxylic acids is 1. The van der Waals surface area contributed by atoms with Gasteiger partial charge in [-0.2, -0.15) is 0 Å². The third-order valence-electron chi connectivity index (χ3n) is 3.20. The number of amides is 1. The molecule has 0 radical (unpaired) electrons. The summed E-state index contributed by atoms with van der Waals surface area (Å²) in [5.41, 5.74) is 0.225. The number of phenols is 1. The highest BCUT2D eigenvalue weighted by molar-refractivity contribution is 9.10. The first-order valence-electron chi connectivity index (χ1n) is 5.85. The number of halogens is 2. The van der Waals surface area contributed by atoms with E-state index in [4.69, 9.17) is 0 Å². The van der Waals surface area contributed by atoms with Gasteiger partial charge in [0.05, 0.1) is 4.47 Å². The van der Waals surface area contributed by atoms with Crippen LogP contribution < -0.4 is 5.32 Å². The molecule has 0 fully saturated rings. The lowest BCUT2D eigenvalue weighted by Gasteiger charge is -2.31. The first-order valence-corrected chi connectivity index (χ1v) is 7.76. The lowest BCUT2D eigenvalue weighted by atomic mass is 9.95. The van der Waals surface area contributed by atoms with Gasteiger partial charge in [-0.05, 0) is 47.0 Å². The number of hydrogen-bond donors (Lipinski definition) is 2. The van der Waals surface area contributed by atoms with E-state index in [-0.39, 0.29) is 17.2 Å². The zero-order chi connectivity index (χ0) is 13.8. The SMILES string of the molecule is CCC(CC)(CBr)NC(=O)c1ccc(Br)c(O)c1. The van der Waals surface area contributed by atoms with Crippen LogP contribution in [-0.4, -0.2) is 21.9 Å². The molecule has 0 saturated carbocycles. The summed E-state index contributed by atoms with van der Waals surface area (Å²) >= 11 is 6.64. The van der Waals surface area contributed by atoms with Gasteiger partial charge >= 0.3 is 0 Å². The number of phenolic OH excluding ortho intramolecular Hbond substituents is 1. The van der Waals surface area contributed by atoms with E-state index in [9.17, 15) is 9.90 Å². The molecule has 0 aliphatic heterocycles. The van der Waals surface area contributed by atoms with E-state index in [1.165, 1.54) is 6.07 Å². The van der Waals surface area contributed by atoms with Gasteiger partial charge in [-0.15, -0.1) is 0 Å². The highest BCUT2D eigenvalue weighted by atomic mass is 79.9. The summed E-state index contributed by atoms with van der Waals surface area (Å²) in [5.74, 6) is -0.0963. The maximum absolute atomic E-state index is 12.1. The average molecular weight is 379 g/mol. The molecular formula is C13H17Br2NO2. The summed E-state index contributed by atoms with van der Waals surface area (Å²) in [6.07, 6.45) is 1.70. The number of rotatable bonds is 5. The second kappa shape index (κ2) is 6.57. The second-order valence-corrected chi connectivity index (χ2v) is 5.66. The van der Waals surface area contributed by atoms with Crippen molar-refractivity contribution < 1.29 is 9.90 Å². The molecule has 1 aromatic rings. The van der Waals surface area contributed by atoms with E-state index >= 15 is 0 Å². The Balaban J connectivity index is 2.90. The Morgan fingerprint density at radius 1 is 1.39 bits per heavy atom. The fourth-order valence-electron chi connectivity index (χ4n) is 1.62. The molecule has 1 aromatic carbocycles. The predicted molar refractivity (Wildman–Crippen MR) is 80.4 cm³/mol. The number of alkyl halides is 1. The molecular weight excluding hydrogens is 362 g/mol. The molecule has 0 spiro atoms. The minimum Gasteiger partial charge on any atom is -0.507 e. The molecule has 1 rings (SSSR count). The minimum atomic E-state index is -0.236. The summed E-state index contributed by atoms with van der Waals surface area (Å²) < 4.78 is 0.580. The highest BCUT2D eigenvalue weighted by Gasteiger charge is 2.27. The van der Waals surface area contributed by atoms with Crippen LogP contribution >= 0.6 is 31.9 Å². The predicted octanol–water partition coefficient (Wildman–Crippen LogP) is 3.84. The maximum atomic E-state index is 12.1. The van der Waals surface area contributed by atoms with E-state index in [1.54, 1.807) is 12.1 Å². The highest BCUT2D eigenvalue weighted by Crippen LogP contribution is 2.25. The molecule has 18 heavy (non-hydrogen) atoms. The van der Waals surface area contributed by atoms with Crippen molar-refractivity contribution in [2.45, 2.75) is 32.2 Å². The molecule has 0 atom stereocenters. The van der Waals surface area contributed by atoms with E-state index in [2.05, 4.69) is 37.2 Å². The molecule has 0 aliphatic rings. The standard InChI is InChI=1S/C13H17Br2NO2/c1-3-13(4-2,8-14)16-12(18)9-5-6-10(15)11(17)7-9/h5-7,17H,3-4,8H2,1-2H3,(H,16,18). The van der Waals surface area contributed by atoms with Crippen molar-refractivity contribution in [3.8, 4) is 5.75 Å². The minimum absolute atomic E-state index is 0.0695. The summed E-state index contributed by atoms with van der Waals surface area (Å²) in [6.45, 7) is 4.09. The number of hydrogen-bond acceptors (Lipinski definition) is 2. The van der Waals surface area contributed by atoms with Crippen LogP contribution in [0.15, 0.2) is 22.7 Å². The van der Waals surface area contributed by atoms with Gasteiger partial charge in [0.1, 0.15) is 5.75 Å². The first kappa shape index (κ1) is 15.5. The average Bonchev–Trinajstić information content (AvgIpc) is 2.39. The normalized spacial score (nSPS) is 11.3. The molecule has 2 N–H and O–H groups in total. The Morgan fingerprint density at radius 2 is 2.00 bits per heavy atom. The van der Waals surface area contributed by atoms with Crippen molar-refractivity contribution in [3.63, 3.8) is 0 Å². The van der Waals surface area contributed by atoms with E-state index in [0.29, 0.717) is 15.4 Å². The largest absolute Gasteiger partial charge is 0.507 e. The number of nitrogens with one attached hydrogen (secondary N) is 1. The first-order chi connectivity index (χ1) is 8.48. The number of benzene rings is 1. The molecule has 5 heteroatoms. The van der Waals surface area contributed by atoms with Gasteiger partial charge < -0.3 is 10.4 Å². The van der Waals surface area contributed by atoms with Crippen LogP contribution in [0.25, 0.3) is 0 Å². The van der Waals surface area contributed by atoms with Crippen molar-refractivity contribution in [1.82, 2.24) is 5.32 Å². The van der Waals surface area contributed by atoms with Crippen molar-refractivity contribution >= 4 is 37.8 Å². The zero-order valence-electron chi connectivity index (χ0n) is 10.5. The molecule has 0 unspecified atom stereocenters.